The van der Waals surface area contributed by atoms with Gasteiger partial charge in [-0.25, -0.2) is 4.98 Å². The molecule has 0 amide bonds. The fraction of sp³-hybridized carbons (Fsp3) is 0.400. The standard InChI is InChI=1S/C15H19N3O3/c1-10-7-11(5-6-13(10)18(19)20)14-17-12(9-21-14)8-16-15(2,3)4/h5-7,9,16H,8H2,1-4H3. The minimum Gasteiger partial charge on any atom is -0.444 e. The molecule has 2 aromatic rings. The topological polar surface area (TPSA) is 81.2 Å². The Balaban J connectivity index is 2.18. The van der Waals surface area contributed by atoms with E-state index in [9.17, 15) is 10.1 Å². The number of aromatic nitrogens is 1. The third kappa shape index (κ3) is 3.88. The van der Waals surface area contributed by atoms with Gasteiger partial charge in [-0.3, -0.25) is 10.1 Å². The first kappa shape index (κ1) is 15.2. The van der Waals surface area contributed by atoms with Gasteiger partial charge in [0.2, 0.25) is 5.89 Å². The SMILES string of the molecule is Cc1cc(-c2nc(CNC(C)(C)C)co2)ccc1[N+](=O)[O-]. The van der Waals surface area contributed by atoms with Crippen LogP contribution in [0.1, 0.15) is 32.0 Å². The van der Waals surface area contributed by atoms with E-state index in [1.54, 1.807) is 25.3 Å². The molecule has 1 heterocycles. The Labute approximate surface area is 123 Å². The summed E-state index contributed by atoms with van der Waals surface area (Å²) in [6, 6.07) is 4.84. The highest BCUT2D eigenvalue weighted by molar-refractivity contribution is 5.59. The number of nitro groups is 1. The number of benzene rings is 1. The summed E-state index contributed by atoms with van der Waals surface area (Å²) in [7, 11) is 0. The zero-order valence-corrected chi connectivity index (χ0v) is 12.6. The van der Waals surface area contributed by atoms with Crippen LogP contribution in [-0.2, 0) is 6.54 Å². The number of aryl methyl sites for hydroxylation is 1. The molecule has 0 aliphatic carbocycles. The van der Waals surface area contributed by atoms with Crippen LogP contribution in [-0.4, -0.2) is 15.4 Å². The summed E-state index contributed by atoms with van der Waals surface area (Å²) in [5, 5.41) is 14.1. The molecule has 0 atom stereocenters. The summed E-state index contributed by atoms with van der Waals surface area (Å²) >= 11 is 0. The average Bonchev–Trinajstić information content (AvgIpc) is 2.83. The van der Waals surface area contributed by atoms with Crippen molar-refractivity contribution < 1.29 is 9.34 Å². The number of nitrogens with one attached hydrogen (secondary N) is 1. The van der Waals surface area contributed by atoms with Crippen molar-refractivity contribution in [1.82, 2.24) is 10.3 Å². The molecule has 0 saturated carbocycles. The summed E-state index contributed by atoms with van der Waals surface area (Å²) in [5.41, 5.74) is 2.23. The molecular weight excluding hydrogens is 270 g/mol. The van der Waals surface area contributed by atoms with Crippen LogP contribution >= 0.6 is 0 Å². The van der Waals surface area contributed by atoms with Crippen molar-refractivity contribution in [2.75, 3.05) is 0 Å². The van der Waals surface area contributed by atoms with Gasteiger partial charge < -0.3 is 9.73 Å². The van der Waals surface area contributed by atoms with Crippen molar-refractivity contribution >= 4 is 5.69 Å². The second kappa shape index (κ2) is 5.65. The van der Waals surface area contributed by atoms with E-state index in [0.717, 1.165) is 11.3 Å². The molecular formula is C15H19N3O3. The molecule has 0 saturated heterocycles. The van der Waals surface area contributed by atoms with Gasteiger partial charge in [0.1, 0.15) is 6.26 Å². The molecule has 0 bridgehead atoms. The lowest BCUT2D eigenvalue weighted by Crippen LogP contribution is -2.35. The first-order chi connectivity index (χ1) is 9.76. The molecule has 1 aromatic carbocycles. The number of hydrogen-bond donors (Lipinski definition) is 1. The van der Waals surface area contributed by atoms with Gasteiger partial charge in [-0.1, -0.05) is 0 Å². The first-order valence-electron chi connectivity index (χ1n) is 6.71. The molecule has 0 spiro atoms. The summed E-state index contributed by atoms with van der Waals surface area (Å²) in [5.74, 6) is 0.471. The highest BCUT2D eigenvalue weighted by atomic mass is 16.6. The van der Waals surface area contributed by atoms with Crippen LogP contribution in [0, 0.1) is 17.0 Å². The van der Waals surface area contributed by atoms with Crippen molar-refractivity contribution in [3.05, 3.63) is 45.8 Å². The third-order valence-electron chi connectivity index (χ3n) is 2.99. The van der Waals surface area contributed by atoms with E-state index in [1.807, 2.05) is 0 Å². The van der Waals surface area contributed by atoms with E-state index in [-0.39, 0.29) is 11.2 Å². The Hall–Kier alpha value is -2.21. The monoisotopic (exact) mass is 289 g/mol. The van der Waals surface area contributed by atoms with Crippen LogP contribution in [0.15, 0.2) is 28.9 Å². The fourth-order valence-electron chi connectivity index (χ4n) is 1.87. The van der Waals surface area contributed by atoms with Gasteiger partial charge >= 0.3 is 0 Å². The second-order valence-corrected chi connectivity index (χ2v) is 6.01. The number of nitro benzene ring substituents is 1. The highest BCUT2D eigenvalue weighted by Gasteiger charge is 2.15. The maximum absolute atomic E-state index is 10.8. The summed E-state index contributed by atoms with van der Waals surface area (Å²) in [4.78, 5) is 14.8. The minimum atomic E-state index is -0.395. The van der Waals surface area contributed by atoms with Crippen molar-refractivity contribution in [3.63, 3.8) is 0 Å². The number of hydrogen-bond acceptors (Lipinski definition) is 5. The van der Waals surface area contributed by atoms with Gasteiger partial charge in [0.25, 0.3) is 5.69 Å². The Bertz CT molecular complexity index is 656. The lowest BCUT2D eigenvalue weighted by atomic mass is 10.1. The van der Waals surface area contributed by atoms with Crippen LogP contribution in [0.3, 0.4) is 0 Å². The molecule has 0 radical (unpaired) electrons. The largest absolute Gasteiger partial charge is 0.444 e. The highest BCUT2D eigenvalue weighted by Crippen LogP contribution is 2.25. The number of oxazole rings is 1. The van der Waals surface area contributed by atoms with Crippen LogP contribution in [0.25, 0.3) is 11.5 Å². The van der Waals surface area contributed by atoms with E-state index < -0.39 is 4.92 Å². The second-order valence-electron chi connectivity index (χ2n) is 6.01. The van der Waals surface area contributed by atoms with Gasteiger partial charge in [0, 0.05) is 29.3 Å². The third-order valence-corrected chi connectivity index (χ3v) is 2.99. The molecule has 112 valence electrons. The molecule has 0 aliphatic rings. The summed E-state index contributed by atoms with van der Waals surface area (Å²) in [6.45, 7) is 8.54. The molecule has 0 unspecified atom stereocenters. The molecule has 6 heteroatoms. The predicted molar refractivity (Wildman–Crippen MR) is 79.9 cm³/mol. The lowest BCUT2D eigenvalue weighted by Gasteiger charge is -2.19. The molecule has 2 rings (SSSR count). The van der Waals surface area contributed by atoms with Crippen molar-refractivity contribution in [2.24, 2.45) is 0 Å². The minimum absolute atomic E-state index is 0.00304. The average molecular weight is 289 g/mol. The first-order valence-corrected chi connectivity index (χ1v) is 6.71. The molecule has 0 aliphatic heterocycles. The van der Waals surface area contributed by atoms with Crippen LogP contribution < -0.4 is 5.32 Å². The summed E-state index contributed by atoms with van der Waals surface area (Å²) < 4.78 is 5.45. The molecule has 1 aromatic heterocycles. The van der Waals surface area contributed by atoms with Gasteiger partial charge in [-0.2, -0.15) is 0 Å². The quantitative estimate of drug-likeness (QED) is 0.688. The lowest BCUT2D eigenvalue weighted by molar-refractivity contribution is -0.385. The van der Waals surface area contributed by atoms with Gasteiger partial charge in [0.05, 0.1) is 10.6 Å². The van der Waals surface area contributed by atoms with E-state index >= 15 is 0 Å². The van der Waals surface area contributed by atoms with E-state index in [2.05, 4.69) is 31.1 Å². The van der Waals surface area contributed by atoms with Gasteiger partial charge in [0.15, 0.2) is 0 Å². The van der Waals surface area contributed by atoms with E-state index in [4.69, 9.17) is 4.42 Å². The predicted octanol–water partition coefficient (Wildman–Crippen LogP) is 3.45. The molecule has 21 heavy (non-hydrogen) atoms. The van der Waals surface area contributed by atoms with Crippen molar-refractivity contribution in [2.45, 2.75) is 39.8 Å². The van der Waals surface area contributed by atoms with Crippen LogP contribution in [0.4, 0.5) is 5.69 Å². The van der Waals surface area contributed by atoms with Crippen LogP contribution in [0.5, 0.6) is 0 Å². The smallest absolute Gasteiger partial charge is 0.272 e. The van der Waals surface area contributed by atoms with E-state index in [1.165, 1.54) is 6.07 Å². The Morgan fingerprint density at radius 3 is 2.67 bits per heavy atom. The Morgan fingerprint density at radius 2 is 2.10 bits per heavy atom. The van der Waals surface area contributed by atoms with Gasteiger partial charge in [-0.05, 0) is 39.8 Å². The fourth-order valence-corrected chi connectivity index (χ4v) is 1.87. The number of rotatable bonds is 4. The van der Waals surface area contributed by atoms with Gasteiger partial charge in [-0.15, -0.1) is 0 Å². The zero-order valence-electron chi connectivity index (χ0n) is 12.6. The maximum Gasteiger partial charge on any atom is 0.272 e. The summed E-state index contributed by atoms with van der Waals surface area (Å²) in [6.07, 6.45) is 1.60. The Morgan fingerprint density at radius 1 is 1.38 bits per heavy atom. The normalized spacial score (nSPS) is 11.6. The zero-order chi connectivity index (χ0) is 15.6. The van der Waals surface area contributed by atoms with Crippen molar-refractivity contribution in [1.29, 1.82) is 0 Å². The molecule has 6 nitrogen and oxygen atoms in total. The van der Waals surface area contributed by atoms with Crippen LogP contribution in [0.2, 0.25) is 0 Å². The van der Waals surface area contributed by atoms with E-state index in [0.29, 0.717) is 18.0 Å². The molecule has 1 N–H and O–H groups in total. The van der Waals surface area contributed by atoms with Crippen molar-refractivity contribution in [3.8, 4) is 11.5 Å². The Kier molecular flexibility index (Phi) is 4.09. The maximum atomic E-state index is 10.8. The molecule has 0 fully saturated rings. The number of nitrogens with zero attached hydrogens (tertiary/aromatic N) is 2.